The van der Waals surface area contributed by atoms with Gasteiger partial charge in [-0.1, -0.05) is 12.0 Å². The van der Waals surface area contributed by atoms with Crippen molar-refractivity contribution in [3.8, 4) is 23.8 Å². The maximum atomic E-state index is 13.1. The van der Waals surface area contributed by atoms with Crippen molar-refractivity contribution in [3.05, 3.63) is 56.0 Å². The Morgan fingerprint density at radius 3 is 2.76 bits per heavy atom. The molecule has 1 saturated heterocycles. The molecule has 3 rings (SSSR count). The van der Waals surface area contributed by atoms with E-state index in [0.717, 1.165) is 9.13 Å². The predicted molar refractivity (Wildman–Crippen MR) is 142 cm³/mol. The first-order valence-corrected chi connectivity index (χ1v) is 12.3. The number of nitrogens with zero attached hydrogens (tertiary/aromatic N) is 2. The SMILES string of the molecule is C#CCOc1c(I)cc(C=C2SC(=Nc3cccc(C(=O)OCC)c3)N(CC)C2=O)cc1OC. The number of esters is 1. The molecule has 1 aliphatic heterocycles. The summed E-state index contributed by atoms with van der Waals surface area (Å²) in [5.74, 6) is 2.98. The molecule has 0 radical (unpaired) electrons. The number of carbonyl (C=O) groups is 2. The number of terminal acetylenes is 1. The van der Waals surface area contributed by atoms with Gasteiger partial charge in [-0.15, -0.1) is 6.42 Å². The minimum absolute atomic E-state index is 0.129. The minimum Gasteiger partial charge on any atom is -0.493 e. The van der Waals surface area contributed by atoms with Gasteiger partial charge in [-0.3, -0.25) is 9.69 Å². The first-order valence-electron chi connectivity index (χ1n) is 10.4. The summed E-state index contributed by atoms with van der Waals surface area (Å²) < 4.78 is 16.9. The molecule has 1 heterocycles. The van der Waals surface area contributed by atoms with E-state index in [9.17, 15) is 9.59 Å². The van der Waals surface area contributed by atoms with E-state index in [1.54, 1.807) is 55.3 Å². The van der Waals surface area contributed by atoms with E-state index < -0.39 is 5.97 Å². The van der Waals surface area contributed by atoms with Crippen LogP contribution < -0.4 is 9.47 Å². The predicted octanol–water partition coefficient (Wildman–Crippen LogP) is 5.11. The normalized spacial score (nSPS) is 15.5. The largest absolute Gasteiger partial charge is 0.493 e. The van der Waals surface area contributed by atoms with E-state index in [1.165, 1.54) is 11.8 Å². The molecular formula is C25H23IN2O5S. The fraction of sp³-hybridized carbons (Fsp3) is 0.240. The summed E-state index contributed by atoms with van der Waals surface area (Å²) in [6.45, 7) is 4.52. The van der Waals surface area contributed by atoms with E-state index in [1.807, 2.05) is 13.0 Å². The van der Waals surface area contributed by atoms with Crippen LogP contribution in [0.15, 0.2) is 46.3 Å². The molecule has 0 aromatic heterocycles. The fourth-order valence-electron chi connectivity index (χ4n) is 3.13. The monoisotopic (exact) mass is 590 g/mol. The van der Waals surface area contributed by atoms with Crippen molar-refractivity contribution >= 4 is 63.2 Å². The van der Waals surface area contributed by atoms with Gasteiger partial charge in [-0.05, 0) is 90.2 Å². The lowest BCUT2D eigenvalue weighted by Crippen LogP contribution is -2.28. The number of likely N-dealkylation sites (N-methyl/N-ethyl adjacent to an activating group) is 1. The number of benzene rings is 2. The summed E-state index contributed by atoms with van der Waals surface area (Å²) in [5, 5.41) is 0.537. The summed E-state index contributed by atoms with van der Waals surface area (Å²) in [6, 6.07) is 10.5. The molecule has 1 fully saturated rings. The highest BCUT2D eigenvalue weighted by molar-refractivity contribution is 14.1. The lowest BCUT2D eigenvalue weighted by molar-refractivity contribution is -0.122. The minimum atomic E-state index is -0.411. The van der Waals surface area contributed by atoms with E-state index in [0.29, 0.717) is 46.0 Å². The van der Waals surface area contributed by atoms with E-state index in [-0.39, 0.29) is 12.5 Å². The van der Waals surface area contributed by atoms with Crippen LogP contribution in [0.25, 0.3) is 6.08 Å². The number of halogens is 1. The molecule has 0 bridgehead atoms. The second kappa shape index (κ2) is 11.9. The third-order valence-electron chi connectivity index (χ3n) is 4.64. The van der Waals surface area contributed by atoms with Crippen LogP contribution in [0.2, 0.25) is 0 Å². The Balaban J connectivity index is 1.92. The lowest BCUT2D eigenvalue weighted by atomic mass is 10.2. The van der Waals surface area contributed by atoms with Crippen LogP contribution in [0.3, 0.4) is 0 Å². The average molecular weight is 590 g/mol. The van der Waals surface area contributed by atoms with Gasteiger partial charge < -0.3 is 14.2 Å². The molecule has 1 aliphatic rings. The standard InChI is InChI=1S/C25H23IN2O5S/c1-5-11-33-22-19(26)12-16(13-20(22)31-4)14-21-23(29)28(6-2)25(34-21)27-18-10-8-9-17(15-18)24(30)32-7-3/h1,8-10,12-15H,6-7,11H2,2-4H3. The van der Waals surface area contributed by atoms with Crippen LogP contribution in [0, 0.1) is 15.9 Å². The molecule has 2 aromatic carbocycles. The van der Waals surface area contributed by atoms with Crippen LogP contribution >= 0.6 is 34.4 Å². The van der Waals surface area contributed by atoms with Gasteiger partial charge in [0.25, 0.3) is 5.91 Å². The molecule has 7 nitrogen and oxygen atoms in total. The Labute approximate surface area is 216 Å². The fourth-order valence-corrected chi connectivity index (χ4v) is 4.97. The summed E-state index contributed by atoms with van der Waals surface area (Å²) >= 11 is 3.42. The van der Waals surface area contributed by atoms with Crippen molar-refractivity contribution < 1.29 is 23.8 Å². The highest BCUT2D eigenvalue weighted by Gasteiger charge is 2.32. The zero-order valence-electron chi connectivity index (χ0n) is 19.0. The van der Waals surface area contributed by atoms with Gasteiger partial charge >= 0.3 is 5.97 Å². The molecule has 34 heavy (non-hydrogen) atoms. The molecule has 0 unspecified atom stereocenters. The lowest BCUT2D eigenvalue weighted by Gasteiger charge is -2.12. The summed E-state index contributed by atoms with van der Waals surface area (Å²) in [6.07, 6.45) is 7.09. The molecular weight excluding hydrogens is 567 g/mol. The molecule has 9 heteroatoms. The van der Waals surface area contributed by atoms with E-state index in [4.69, 9.17) is 20.6 Å². The summed E-state index contributed by atoms with van der Waals surface area (Å²) in [4.78, 5) is 31.8. The smallest absolute Gasteiger partial charge is 0.338 e. The van der Waals surface area contributed by atoms with Gasteiger partial charge in [0.2, 0.25) is 0 Å². The van der Waals surface area contributed by atoms with Crippen molar-refractivity contribution in [2.75, 3.05) is 26.9 Å². The van der Waals surface area contributed by atoms with E-state index in [2.05, 4.69) is 33.5 Å². The molecule has 0 N–H and O–H groups in total. The number of aliphatic imine (C=N–C) groups is 1. The highest BCUT2D eigenvalue weighted by Crippen LogP contribution is 2.38. The van der Waals surface area contributed by atoms with Crippen molar-refractivity contribution in [1.29, 1.82) is 0 Å². The topological polar surface area (TPSA) is 77.4 Å². The number of methoxy groups -OCH3 is 1. The Morgan fingerprint density at radius 2 is 2.09 bits per heavy atom. The first kappa shape index (κ1) is 25.6. The van der Waals surface area contributed by atoms with Crippen LogP contribution in [0.4, 0.5) is 5.69 Å². The van der Waals surface area contributed by atoms with Crippen LogP contribution in [-0.4, -0.2) is 48.8 Å². The number of amides is 1. The van der Waals surface area contributed by atoms with Gasteiger partial charge in [-0.2, -0.15) is 0 Å². The first-order chi connectivity index (χ1) is 16.4. The highest BCUT2D eigenvalue weighted by atomic mass is 127. The molecule has 0 atom stereocenters. The average Bonchev–Trinajstić information content (AvgIpc) is 3.11. The van der Waals surface area contributed by atoms with Crippen molar-refractivity contribution in [2.24, 2.45) is 4.99 Å². The maximum Gasteiger partial charge on any atom is 0.338 e. The van der Waals surface area contributed by atoms with Gasteiger partial charge in [0.1, 0.15) is 6.61 Å². The zero-order valence-corrected chi connectivity index (χ0v) is 21.9. The molecule has 2 aromatic rings. The summed E-state index contributed by atoms with van der Waals surface area (Å²) in [5.41, 5.74) is 1.75. The Morgan fingerprint density at radius 1 is 1.29 bits per heavy atom. The van der Waals surface area contributed by atoms with Crippen molar-refractivity contribution in [3.63, 3.8) is 0 Å². The van der Waals surface area contributed by atoms with Crippen LogP contribution in [0.1, 0.15) is 29.8 Å². The molecule has 176 valence electrons. The maximum absolute atomic E-state index is 13.1. The second-order valence-electron chi connectivity index (χ2n) is 6.85. The second-order valence-corrected chi connectivity index (χ2v) is 9.02. The Kier molecular flexibility index (Phi) is 9.01. The molecule has 0 saturated carbocycles. The van der Waals surface area contributed by atoms with E-state index >= 15 is 0 Å². The molecule has 1 amide bonds. The third kappa shape index (κ3) is 5.93. The molecule has 0 spiro atoms. The Bertz CT molecular complexity index is 1200. The quantitative estimate of drug-likeness (QED) is 0.184. The zero-order chi connectivity index (χ0) is 24.7. The van der Waals surface area contributed by atoms with Crippen molar-refractivity contribution in [2.45, 2.75) is 13.8 Å². The number of ether oxygens (including phenoxy) is 3. The molecule has 0 aliphatic carbocycles. The number of rotatable bonds is 8. The Hall–Kier alpha value is -2.97. The van der Waals surface area contributed by atoms with Gasteiger partial charge in [0.15, 0.2) is 16.7 Å². The summed E-state index contributed by atoms with van der Waals surface area (Å²) in [7, 11) is 1.55. The number of carbonyl (C=O) groups excluding carboxylic acids is 2. The van der Waals surface area contributed by atoms with Crippen LogP contribution in [0.5, 0.6) is 11.5 Å². The van der Waals surface area contributed by atoms with Crippen molar-refractivity contribution in [1.82, 2.24) is 4.90 Å². The van der Waals surface area contributed by atoms with Gasteiger partial charge in [-0.25, -0.2) is 9.79 Å². The van der Waals surface area contributed by atoms with Gasteiger partial charge in [0, 0.05) is 6.54 Å². The number of hydrogen-bond acceptors (Lipinski definition) is 7. The third-order valence-corrected chi connectivity index (χ3v) is 6.44. The van der Waals surface area contributed by atoms with Gasteiger partial charge in [0.05, 0.1) is 33.4 Å². The van der Waals surface area contributed by atoms with Crippen LogP contribution in [-0.2, 0) is 9.53 Å². The number of amidine groups is 1. The number of thioether (sulfide) groups is 1. The number of hydrogen-bond donors (Lipinski definition) is 0.